The maximum absolute atomic E-state index is 13.3. The van der Waals surface area contributed by atoms with Crippen molar-refractivity contribution in [3.63, 3.8) is 0 Å². The van der Waals surface area contributed by atoms with Crippen LogP contribution in [0.3, 0.4) is 0 Å². The Morgan fingerprint density at radius 1 is 1.04 bits per heavy atom. The summed E-state index contributed by atoms with van der Waals surface area (Å²) in [5.41, 5.74) is 2.94. The molecule has 0 unspecified atom stereocenters. The van der Waals surface area contributed by atoms with Gasteiger partial charge in [0.25, 0.3) is 0 Å². The van der Waals surface area contributed by atoms with Crippen LogP contribution in [-0.4, -0.2) is 16.6 Å². The average molecular weight is 376 g/mol. The summed E-state index contributed by atoms with van der Waals surface area (Å²) in [6, 6.07) is 12.2. The molecule has 1 saturated carbocycles. The number of aromatic amines is 1. The summed E-state index contributed by atoms with van der Waals surface area (Å²) in [5.74, 6) is -0.604. The molecular weight excluding hydrogens is 360 g/mol. The number of nitrogens with one attached hydrogen (secondary N) is 1. The van der Waals surface area contributed by atoms with Gasteiger partial charge >= 0.3 is 6.36 Å². The van der Waals surface area contributed by atoms with Gasteiger partial charge in [-0.15, -0.1) is 13.2 Å². The Hall–Kier alpha value is -2.83. The number of para-hydroxylation sites is 1. The van der Waals surface area contributed by atoms with Crippen molar-refractivity contribution in [2.75, 3.05) is 0 Å². The monoisotopic (exact) mass is 376 g/mol. The van der Waals surface area contributed by atoms with Gasteiger partial charge in [-0.2, -0.15) is 5.10 Å². The molecule has 1 aliphatic carbocycles. The number of rotatable bonds is 4. The predicted octanol–water partition coefficient (Wildman–Crippen LogP) is 5.50. The lowest BCUT2D eigenvalue weighted by atomic mass is 9.89. The minimum Gasteiger partial charge on any atom is -0.405 e. The molecule has 1 fully saturated rings. The molecule has 3 aromatic rings. The molecule has 27 heavy (non-hydrogen) atoms. The molecule has 3 nitrogen and oxygen atoms in total. The molecular formula is C20H16F4N2O. The summed E-state index contributed by atoms with van der Waals surface area (Å²) in [4.78, 5) is 0. The topological polar surface area (TPSA) is 37.9 Å². The molecule has 1 N–H and O–H groups in total. The number of ether oxygens (including phenoxy) is 1. The largest absolute Gasteiger partial charge is 0.573 e. The van der Waals surface area contributed by atoms with E-state index in [-0.39, 0.29) is 22.5 Å². The van der Waals surface area contributed by atoms with Gasteiger partial charge in [0, 0.05) is 16.7 Å². The minimum atomic E-state index is -4.78. The van der Waals surface area contributed by atoms with Gasteiger partial charge in [-0.3, -0.25) is 5.10 Å². The van der Waals surface area contributed by atoms with Crippen LogP contribution in [0.15, 0.2) is 48.5 Å². The fourth-order valence-electron chi connectivity index (χ4n) is 3.58. The summed E-state index contributed by atoms with van der Waals surface area (Å²) >= 11 is 0. The van der Waals surface area contributed by atoms with Crippen molar-refractivity contribution in [1.29, 1.82) is 0 Å². The minimum absolute atomic E-state index is 0.268. The van der Waals surface area contributed by atoms with Gasteiger partial charge in [-0.1, -0.05) is 24.3 Å². The summed E-state index contributed by atoms with van der Waals surface area (Å²) < 4.78 is 55.6. The second-order valence-corrected chi connectivity index (χ2v) is 6.71. The normalized spacial score (nSPS) is 15.6. The molecule has 0 bridgehead atoms. The second-order valence-electron chi connectivity index (χ2n) is 6.71. The smallest absolute Gasteiger partial charge is 0.405 e. The zero-order valence-electron chi connectivity index (χ0n) is 14.4. The molecule has 7 heteroatoms. The number of hydrogen-bond acceptors (Lipinski definition) is 2. The first-order chi connectivity index (χ1) is 12.8. The van der Waals surface area contributed by atoms with E-state index < -0.39 is 6.36 Å². The van der Waals surface area contributed by atoms with Gasteiger partial charge in [0.05, 0.1) is 5.69 Å². The molecule has 2 aromatic carbocycles. The Bertz CT molecular complexity index is 972. The molecule has 0 radical (unpaired) electrons. The van der Waals surface area contributed by atoms with Crippen molar-refractivity contribution in [1.82, 2.24) is 10.2 Å². The first-order valence-corrected chi connectivity index (χ1v) is 8.47. The van der Waals surface area contributed by atoms with E-state index in [0.29, 0.717) is 5.69 Å². The standard InChI is InChI=1S/C20H16F4N2O/c1-12-17(15-4-2-3-5-16(15)27-20(22,23)24)25-26-18(12)19(10-11-19)13-6-8-14(21)9-7-13/h2-9H,10-11H2,1H3,(H,25,26). The zero-order chi connectivity index (χ0) is 19.2. The Kier molecular flexibility index (Phi) is 3.98. The molecule has 1 heterocycles. The number of halogens is 4. The fourth-order valence-corrected chi connectivity index (χ4v) is 3.58. The van der Waals surface area contributed by atoms with E-state index in [4.69, 9.17) is 0 Å². The van der Waals surface area contributed by atoms with Crippen molar-refractivity contribution >= 4 is 0 Å². The van der Waals surface area contributed by atoms with Gasteiger partial charge in [0.15, 0.2) is 0 Å². The third kappa shape index (κ3) is 3.18. The van der Waals surface area contributed by atoms with Crippen LogP contribution in [0, 0.1) is 12.7 Å². The Morgan fingerprint density at radius 3 is 2.33 bits per heavy atom. The van der Waals surface area contributed by atoms with E-state index in [0.717, 1.165) is 29.7 Å². The SMILES string of the molecule is Cc1c(-c2ccccc2OC(F)(F)F)n[nH]c1C1(c2ccc(F)cc2)CC1. The first kappa shape index (κ1) is 17.6. The van der Waals surface area contributed by atoms with Gasteiger partial charge < -0.3 is 4.74 Å². The lowest BCUT2D eigenvalue weighted by molar-refractivity contribution is -0.274. The number of alkyl halides is 3. The summed E-state index contributed by atoms with van der Waals surface area (Å²) in [7, 11) is 0. The van der Waals surface area contributed by atoms with Crippen LogP contribution >= 0.6 is 0 Å². The zero-order valence-corrected chi connectivity index (χ0v) is 14.4. The first-order valence-electron chi connectivity index (χ1n) is 8.47. The fraction of sp³-hybridized carbons (Fsp3) is 0.250. The van der Waals surface area contributed by atoms with E-state index in [1.54, 1.807) is 24.3 Å². The Morgan fingerprint density at radius 2 is 1.70 bits per heavy atom. The van der Waals surface area contributed by atoms with Crippen molar-refractivity contribution in [3.8, 4) is 17.0 Å². The van der Waals surface area contributed by atoms with Gasteiger partial charge in [0.1, 0.15) is 11.6 Å². The van der Waals surface area contributed by atoms with Crippen LogP contribution in [-0.2, 0) is 5.41 Å². The molecule has 0 saturated heterocycles. The van der Waals surface area contributed by atoms with Crippen molar-refractivity contribution in [2.24, 2.45) is 0 Å². The van der Waals surface area contributed by atoms with Crippen LogP contribution in [0.4, 0.5) is 17.6 Å². The summed E-state index contributed by atoms with van der Waals surface area (Å²) in [5, 5.41) is 7.28. The van der Waals surface area contributed by atoms with Crippen molar-refractivity contribution < 1.29 is 22.3 Å². The number of H-pyrrole nitrogens is 1. The maximum Gasteiger partial charge on any atom is 0.573 e. The molecule has 0 amide bonds. The van der Waals surface area contributed by atoms with E-state index in [1.165, 1.54) is 24.3 Å². The quantitative estimate of drug-likeness (QED) is 0.611. The van der Waals surface area contributed by atoms with Crippen LogP contribution < -0.4 is 4.74 Å². The Balaban J connectivity index is 1.75. The predicted molar refractivity (Wildman–Crippen MR) is 91.9 cm³/mol. The number of nitrogens with zero attached hydrogens (tertiary/aromatic N) is 1. The molecule has 1 aromatic heterocycles. The second kappa shape index (κ2) is 6.11. The lowest BCUT2D eigenvalue weighted by Crippen LogP contribution is -2.17. The number of hydrogen-bond donors (Lipinski definition) is 1. The Labute approximate surface area is 153 Å². The highest BCUT2D eigenvalue weighted by Gasteiger charge is 2.48. The number of aromatic nitrogens is 2. The third-order valence-electron chi connectivity index (χ3n) is 5.00. The molecule has 140 valence electrons. The van der Waals surface area contributed by atoms with Crippen LogP contribution in [0.25, 0.3) is 11.3 Å². The highest BCUT2D eigenvalue weighted by molar-refractivity contribution is 5.71. The lowest BCUT2D eigenvalue weighted by Gasteiger charge is -2.16. The van der Waals surface area contributed by atoms with E-state index in [1.807, 2.05) is 6.92 Å². The molecule has 1 aliphatic rings. The van der Waals surface area contributed by atoms with E-state index in [2.05, 4.69) is 14.9 Å². The third-order valence-corrected chi connectivity index (χ3v) is 5.00. The molecule has 0 atom stereocenters. The highest BCUT2D eigenvalue weighted by Crippen LogP contribution is 2.54. The van der Waals surface area contributed by atoms with Crippen LogP contribution in [0.5, 0.6) is 5.75 Å². The molecule has 0 aliphatic heterocycles. The van der Waals surface area contributed by atoms with Crippen molar-refractivity contribution in [2.45, 2.75) is 31.5 Å². The molecule has 4 rings (SSSR count). The van der Waals surface area contributed by atoms with Gasteiger partial charge in [-0.25, -0.2) is 4.39 Å². The van der Waals surface area contributed by atoms with Crippen molar-refractivity contribution in [3.05, 3.63) is 71.2 Å². The molecule has 0 spiro atoms. The highest BCUT2D eigenvalue weighted by atomic mass is 19.4. The van der Waals surface area contributed by atoms with Crippen LogP contribution in [0.2, 0.25) is 0 Å². The number of benzene rings is 2. The average Bonchev–Trinajstić information content (AvgIpc) is 3.32. The van der Waals surface area contributed by atoms with E-state index >= 15 is 0 Å². The van der Waals surface area contributed by atoms with Gasteiger partial charge in [0.2, 0.25) is 0 Å². The summed E-state index contributed by atoms with van der Waals surface area (Å²) in [6.07, 6.45) is -3.06. The maximum atomic E-state index is 13.3. The van der Waals surface area contributed by atoms with Gasteiger partial charge in [-0.05, 0) is 55.2 Å². The van der Waals surface area contributed by atoms with Crippen LogP contribution in [0.1, 0.15) is 29.7 Å². The summed E-state index contributed by atoms with van der Waals surface area (Å²) in [6.45, 7) is 1.82. The van der Waals surface area contributed by atoms with E-state index in [9.17, 15) is 17.6 Å².